The van der Waals surface area contributed by atoms with Crippen LogP contribution in [-0.2, 0) is 0 Å². The van der Waals surface area contributed by atoms with E-state index in [0.717, 1.165) is 0 Å². The van der Waals surface area contributed by atoms with E-state index in [-0.39, 0.29) is 16.3 Å². The molecule has 0 aliphatic carbocycles. The van der Waals surface area contributed by atoms with Crippen molar-refractivity contribution in [1.29, 1.82) is 0 Å². The van der Waals surface area contributed by atoms with Gasteiger partial charge in [0.2, 0.25) is 0 Å². The smallest absolute Gasteiger partial charge is 0.335 e. The topological polar surface area (TPSA) is 79.3 Å². The van der Waals surface area contributed by atoms with Crippen LogP contribution in [0, 0.1) is 0 Å². The number of hydrogen-bond acceptors (Lipinski definition) is 3. The normalized spacial score (nSPS) is 9.95. The molecular formula is C13H9ClN2O3. The second-order valence-electron chi connectivity index (χ2n) is 3.70. The molecule has 0 bridgehead atoms. The van der Waals surface area contributed by atoms with Crippen molar-refractivity contribution in [3.63, 3.8) is 0 Å². The Hall–Kier alpha value is -2.40. The molecule has 0 fully saturated rings. The Balaban J connectivity index is 2.24. The number of nitrogens with one attached hydrogen (secondary N) is 1. The lowest BCUT2D eigenvalue weighted by molar-refractivity contribution is 0.0696. The van der Waals surface area contributed by atoms with Crippen LogP contribution in [-0.4, -0.2) is 22.0 Å². The largest absolute Gasteiger partial charge is 0.478 e. The molecule has 0 saturated carbocycles. The van der Waals surface area contributed by atoms with Crippen LogP contribution in [0.1, 0.15) is 20.8 Å². The van der Waals surface area contributed by atoms with E-state index in [1.54, 1.807) is 18.2 Å². The number of carboxylic acids is 1. The summed E-state index contributed by atoms with van der Waals surface area (Å²) in [6.07, 6.45) is 1.50. The molecule has 6 heteroatoms. The molecular weight excluding hydrogens is 268 g/mol. The fourth-order valence-corrected chi connectivity index (χ4v) is 1.71. The predicted molar refractivity (Wildman–Crippen MR) is 70.6 cm³/mol. The molecule has 2 aromatic rings. The molecule has 96 valence electrons. The van der Waals surface area contributed by atoms with E-state index in [2.05, 4.69) is 10.3 Å². The summed E-state index contributed by atoms with van der Waals surface area (Å²) in [5.41, 5.74) is 0.545. The quantitative estimate of drug-likeness (QED) is 0.903. The fraction of sp³-hybridized carbons (Fsp3) is 0. The van der Waals surface area contributed by atoms with Gasteiger partial charge in [-0.2, -0.15) is 0 Å². The monoisotopic (exact) mass is 276 g/mol. The standard InChI is InChI=1S/C13H9ClN2O3/c14-9-5-8(13(18)19)6-10(7-9)16-12(17)11-3-1-2-4-15-11/h1-7H,(H,16,17)(H,18,19). The van der Waals surface area contributed by atoms with Gasteiger partial charge in [-0.25, -0.2) is 4.79 Å². The Morgan fingerprint density at radius 1 is 1.21 bits per heavy atom. The minimum absolute atomic E-state index is 0.00354. The first-order valence-corrected chi connectivity index (χ1v) is 5.70. The number of aromatic carboxylic acids is 1. The number of carbonyl (C=O) groups is 2. The molecule has 2 N–H and O–H groups in total. The molecule has 1 heterocycles. The van der Waals surface area contributed by atoms with Crippen molar-refractivity contribution >= 4 is 29.2 Å². The zero-order valence-electron chi connectivity index (χ0n) is 9.63. The van der Waals surface area contributed by atoms with E-state index in [1.165, 1.54) is 24.4 Å². The molecule has 19 heavy (non-hydrogen) atoms. The number of carbonyl (C=O) groups excluding carboxylic acids is 1. The molecule has 5 nitrogen and oxygen atoms in total. The van der Waals surface area contributed by atoms with Crippen LogP contribution in [0.15, 0.2) is 42.6 Å². The summed E-state index contributed by atoms with van der Waals surface area (Å²) in [4.78, 5) is 26.6. The average molecular weight is 277 g/mol. The third-order valence-corrected chi connectivity index (χ3v) is 2.52. The molecule has 0 radical (unpaired) electrons. The van der Waals surface area contributed by atoms with Gasteiger partial charge in [-0.05, 0) is 30.3 Å². The lowest BCUT2D eigenvalue weighted by Crippen LogP contribution is -2.13. The number of carboxylic acid groups (broad SMARTS) is 1. The number of halogens is 1. The summed E-state index contributed by atoms with van der Waals surface area (Å²) in [5.74, 6) is -1.55. The van der Waals surface area contributed by atoms with Gasteiger partial charge in [-0.3, -0.25) is 9.78 Å². The number of hydrogen-bond donors (Lipinski definition) is 2. The number of rotatable bonds is 3. The van der Waals surface area contributed by atoms with Gasteiger partial charge in [-0.1, -0.05) is 17.7 Å². The minimum Gasteiger partial charge on any atom is -0.478 e. The highest BCUT2D eigenvalue weighted by Crippen LogP contribution is 2.19. The highest BCUT2D eigenvalue weighted by molar-refractivity contribution is 6.31. The van der Waals surface area contributed by atoms with Crippen molar-refractivity contribution in [2.45, 2.75) is 0 Å². The number of pyridine rings is 1. The molecule has 0 aliphatic heterocycles. The van der Waals surface area contributed by atoms with Crippen molar-refractivity contribution in [1.82, 2.24) is 4.98 Å². The molecule has 1 aromatic carbocycles. The van der Waals surface area contributed by atoms with E-state index in [0.29, 0.717) is 5.69 Å². The Kier molecular flexibility index (Phi) is 3.77. The van der Waals surface area contributed by atoms with Gasteiger partial charge >= 0.3 is 5.97 Å². The Labute approximate surface area is 113 Å². The Morgan fingerprint density at radius 3 is 2.63 bits per heavy atom. The fourth-order valence-electron chi connectivity index (χ4n) is 1.48. The highest BCUT2D eigenvalue weighted by atomic mass is 35.5. The maximum absolute atomic E-state index is 11.8. The third kappa shape index (κ3) is 3.29. The van der Waals surface area contributed by atoms with E-state index < -0.39 is 11.9 Å². The van der Waals surface area contributed by atoms with Crippen LogP contribution in [0.5, 0.6) is 0 Å². The van der Waals surface area contributed by atoms with Crippen LogP contribution < -0.4 is 5.32 Å². The summed E-state index contributed by atoms with van der Waals surface area (Å²) in [6.45, 7) is 0. The van der Waals surface area contributed by atoms with Gasteiger partial charge in [0.1, 0.15) is 5.69 Å². The van der Waals surface area contributed by atoms with Crippen LogP contribution in [0.3, 0.4) is 0 Å². The van der Waals surface area contributed by atoms with E-state index >= 15 is 0 Å². The third-order valence-electron chi connectivity index (χ3n) is 2.30. The van der Waals surface area contributed by atoms with Crippen LogP contribution in [0.4, 0.5) is 5.69 Å². The van der Waals surface area contributed by atoms with E-state index in [1.807, 2.05) is 0 Å². The first-order chi connectivity index (χ1) is 9.06. The summed E-state index contributed by atoms with van der Waals surface area (Å²) in [5, 5.41) is 11.7. The number of nitrogens with zero attached hydrogens (tertiary/aromatic N) is 1. The molecule has 1 amide bonds. The Bertz CT molecular complexity index is 629. The molecule has 0 saturated heterocycles. The lowest BCUT2D eigenvalue weighted by atomic mass is 10.2. The molecule has 0 spiro atoms. The van der Waals surface area contributed by atoms with Crippen LogP contribution in [0.2, 0.25) is 5.02 Å². The maximum atomic E-state index is 11.8. The second kappa shape index (κ2) is 5.49. The van der Waals surface area contributed by atoms with E-state index in [4.69, 9.17) is 16.7 Å². The first-order valence-electron chi connectivity index (χ1n) is 5.32. The number of benzene rings is 1. The van der Waals surface area contributed by atoms with Gasteiger partial charge in [0.15, 0.2) is 0 Å². The molecule has 1 aromatic heterocycles. The molecule has 0 atom stereocenters. The van der Waals surface area contributed by atoms with Crippen molar-refractivity contribution in [3.8, 4) is 0 Å². The Morgan fingerprint density at radius 2 is 2.00 bits per heavy atom. The molecule has 0 aliphatic rings. The van der Waals surface area contributed by atoms with Crippen molar-refractivity contribution in [3.05, 3.63) is 58.9 Å². The zero-order valence-corrected chi connectivity index (χ0v) is 10.4. The number of aromatic nitrogens is 1. The molecule has 0 unspecified atom stereocenters. The van der Waals surface area contributed by atoms with Gasteiger partial charge in [0.25, 0.3) is 5.91 Å². The predicted octanol–water partition coefficient (Wildman–Crippen LogP) is 2.69. The van der Waals surface area contributed by atoms with Gasteiger partial charge < -0.3 is 10.4 Å². The first kappa shape index (κ1) is 13.0. The van der Waals surface area contributed by atoms with Crippen molar-refractivity contribution in [2.75, 3.05) is 5.32 Å². The van der Waals surface area contributed by atoms with Crippen molar-refractivity contribution in [2.24, 2.45) is 0 Å². The number of anilines is 1. The maximum Gasteiger partial charge on any atom is 0.335 e. The summed E-state index contributed by atoms with van der Waals surface area (Å²) in [6, 6.07) is 9.03. The SMILES string of the molecule is O=C(O)c1cc(Cl)cc(NC(=O)c2ccccn2)c1. The summed E-state index contributed by atoms with van der Waals surface area (Å²) >= 11 is 5.79. The van der Waals surface area contributed by atoms with E-state index in [9.17, 15) is 9.59 Å². The van der Waals surface area contributed by atoms with Crippen molar-refractivity contribution < 1.29 is 14.7 Å². The summed E-state index contributed by atoms with van der Waals surface area (Å²) < 4.78 is 0. The van der Waals surface area contributed by atoms with Gasteiger partial charge in [0, 0.05) is 16.9 Å². The number of amides is 1. The lowest BCUT2D eigenvalue weighted by Gasteiger charge is -2.06. The highest BCUT2D eigenvalue weighted by Gasteiger charge is 2.10. The van der Waals surface area contributed by atoms with Gasteiger partial charge in [0.05, 0.1) is 5.56 Å². The zero-order chi connectivity index (χ0) is 13.8. The minimum atomic E-state index is -1.11. The summed E-state index contributed by atoms with van der Waals surface area (Å²) in [7, 11) is 0. The van der Waals surface area contributed by atoms with Gasteiger partial charge in [-0.15, -0.1) is 0 Å². The average Bonchev–Trinajstić information content (AvgIpc) is 2.39. The molecule has 2 rings (SSSR count). The van der Waals surface area contributed by atoms with Crippen LogP contribution >= 0.6 is 11.6 Å². The van der Waals surface area contributed by atoms with Crippen LogP contribution in [0.25, 0.3) is 0 Å². The second-order valence-corrected chi connectivity index (χ2v) is 4.14.